The van der Waals surface area contributed by atoms with E-state index < -0.39 is 11.6 Å². The summed E-state index contributed by atoms with van der Waals surface area (Å²) in [5, 5.41) is 3.94. The van der Waals surface area contributed by atoms with Crippen LogP contribution in [0.4, 0.5) is 14.7 Å². The van der Waals surface area contributed by atoms with Gasteiger partial charge < -0.3 is 5.73 Å². The molecule has 0 spiro atoms. The van der Waals surface area contributed by atoms with E-state index in [2.05, 4.69) is 36.0 Å². The molecule has 9 heteroatoms. The van der Waals surface area contributed by atoms with E-state index in [4.69, 9.17) is 5.73 Å². The maximum absolute atomic E-state index is 14.1. The predicted octanol–water partition coefficient (Wildman–Crippen LogP) is 2.35. The lowest BCUT2D eigenvalue weighted by Gasteiger charge is -2.07. The van der Waals surface area contributed by atoms with Crippen molar-refractivity contribution in [3.05, 3.63) is 46.7 Å². The summed E-state index contributed by atoms with van der Waals surface area (Å²) in [7, 11) is 0. The number of nitrogen functional groups attached to an aromatic ring is 1. The van der Waals surface area contributed by atoms with E-state index in [1.165, 1.54) is 16.9 Å². The van der Waals surface area contributed by atoms with Crippen LogP contribution >= 0.6 is 15.9 Å². The van der Waals surface area contributed by atoms with Crippen molar-refractivity contribution in [1.29, 1.82) is 0 Å². The maximum Gasteiger partial charge on any atom is 0.255 e. The van der Waals surface area contributed by atoms with Crippen LogP contribution in [0.3, 0.4) is 0 Å². The van der Waals surface area contributed by atoms with E-state index in [0.717, 1.165) is 6.07 Å². The van der Waals surface area contributed by atoms with Gasteiger partial charge in [0.1, 0.15) is 5.82 Å². The Bertz CT molecular complexity index is 806. The van der Waals surface area contributed by atoms with Gasteiger partial charge in [0.15, 0.2) is 11.6 Å². The normalized spacial score (nSPS) is 10.8. The van der Waals surface area contributed by atoms with E-state index in [1.54, 1.807) is 12.3 Å². The highest BCUT2D eigenvalue weighted by atomic mass is 79.9. The molecule has 0 saturated heterocycles. The summed E-state index contributed by atoms with van der Waals surface area (Å²) < 4.78 is 29.4. The molecule has 2 aromatic heterocycles. The Morgan fingerprint density at radius 3 is 2.67 bits per heavy atom. The number of aromatic nitrogens is 5. The van der Waals surface area contributed by atoms with Crippen molar-refractivity contribution in [2.45, 2.75) is 0 Å². The molecule has 3 aromatic rings. The van der Waals surface area contributed by atoms with Gasteiger partial charge in [0.25, 0.3) is 5.95 Å². The third kappa shape index (κ3) is 2.47. The van der Waals surface area contributed by atoms with Crippen LogP contribution in [0.2, 0.25) is 0 Å². The maximum atomic E-state index is 14.1. The van der Waals surface area contributed by atoms with Gasteiger partial charge in [-0.05, 0) is 34.1 Å². The van der Waals surface area contributed by atoms with Gasteiger partial charge in [0, 0.05) is 12.4 Å². The first kappa shape index (κ1) is 13.6. The van der Waals surface area contributed by atoms with Crippen LogP contribution in [0.1, 0.15) is 0 Å². The van der Waals surface area contributed by atoms with Gasteiger partial charge in [-0.25, -0.2) is 13.5 Å². The summed E-state index contributed by atoms with van der Waals surface area (Å²) in [6.07, 6.45) is 3.09. The molecule has 6 nitrogen and oxygen atoms in total. The van der Waals surface area contributed by atoms with Gasteiger partial charge in [-0.2, -0.15) is 20.1 Å². The van der Waals surface area contributed by atoms with Crippen molar-refractivity contribution < 1.29 is 8.78 Å². The number of hydrogen-bond acceptors (Lipinski definition) is 5. The van der Waals surface area contributed by atoms with Crippen LogP contribution in [0.15, 0.2) is 35.1 Å². The molecule has 0 aliphatic rings. The van der Waals surface area contributed by atoms with Gasteiger partial charge in [-0.1, -0.05) is 0 Å². The monoisotopic (exact) mass is 352 g/mol. The number of rotatable bonds is 2. The molecule has 0 amide bonds. The Balaban J connectivity index is 2.23. The summed E-state index contributed by atoms with van der Waals surface area (Å²) in [6.45, 7) is 0. The second-order valence-electron chi connectivity index (χ2n) is 3.99. The lowest BCUT2D eigenvalue weighted by atomic mass is 10.2. The standard InChI is InChI=1S/C12H7BrF2N6/c13-6-2-3-7(14)8(9(6)15)10-18-11(16)20-12(19-10)21-5-1-4-17-21/h1-5H,(H2,16,18,19,20). The van der Waals surface area contributed by atoms with Gasteiger partial charge in [-0.3, -0.25) is 0 Å². The van der Waals surface area contributed by atoms with E-state index in [-0.39, 0.29) is 27.8 Å². The SMILES string of the molecule is Nc1nc(-c2c(F)ccc(Br)c2F)nc(-n2cccn2)n1. The van der Waals surface area contributed by atoms with Crippen molar-refractivity contribution in [2.75, 3.05) is 5.73 Å². The number of hydrogen-bond donors (Lipinski definition) is 1. The molecule has 1 aromatic carbocycles. The number of halogens is 3. The molecule has 3 rings (SSSR count). The molecule has 106 valence electrons. The molecule has 0 saturated carbocycles. The fraction of sp³-hybridized carbons (Fsp3) is 0. The van der Waals surface area contributed by atoms with Crippen LogP contribution in [0.25, 0.3) is 17.3 Å². The largest absolute Gasteiger partial charge is 0.368 e. The van der Waals surface area contributed by atoms with E-state index in [0.29, 0.717) is 0 Å². The second kappa shape index (κ2) is 5.17. The zero-order valence-electron chi connectivity index (χ0n) is 10.3. The zero-order chi connectivity index (χ0) is 15.0. The van der Waals surface area contributed by atoms with Crippen molar-refractivity contribution in [3.8, 4) is 17.3 Å². The molecule has 0 unspecified atom stereocenters. The summed E-state index contributed by atoms with van der Waals surface area (Å²) >= 11 is 2.99. The lowest BCUT2D eigenvalue weighted by Crippen LogP contribution is -2.09. The fourth-order valence-corrected chi connectivity index (χ4v) is 2.04. The van der Waals surface area contributed by atoms with Crippen LogP contribution in [-0.4, -0.2) is 24.7 Å². The van der Waals surface area contributed by atoms with Crippen molar-refractivity contribution in [3.63, 3.8) is 0 Å². The molecule has 0 fully saturated rings. The minimum atomic E-state index is -0.813. The van der Waals surface area contributed by atoms with Crippen LogP contribution in [0.5, 0.6) is 0 Å². The number of benzene rings is 1. The Morgan fingerprint density at radius 2 is 1.95 bits per heavy atom. The van der Waals surface area contributed by atoms with Gasteiger partial charge in [-0.15, -0.1) is 0 Å². The quantitative estimate of drug-likeness (QED) is 0.715. The summed E-state index contributed by atoms with van der Waals surface area (Å²) in [4.78, 5) is 11.7. The van der Waals surface area contributed by atoms with E-state index in [1.807, 2.05) is 0 Å². The molecule has 0 atom stereocenters. The molecule has 0 radical (unpaired) electrons. The Kier molecular flexibility index (Phi) is 3.34. The van der Waals surface area contributed by atoms with Crippen molar-refractivity contribution in [2.24, 2.45) is 0 Å². The Hall–Kier alpha value is -2.42. The topological polar surface area (TPSA) is 82.5 Å². The molecule has 0 aliphatic carbocycles. The smallest absolute Gasteiger partial charge is 0.255 e. The molecule has 0 aliphatic heterocycles. The summed E-state index contributed by atoms with van der Waals surface area (Å²) in [5.41, 5.74) is 5.20. The highest BCUT2D eigenvalue weighted by Crippen LogP contribution is 2.28. The Morgan fingerprint density at radius 1 is 1.14 bits per heavy atom. The Labute approximate surface area is 125 Å². The number of nitrogens with zero attached hydrogens (tertiary/aromatic N) is 5. The third-order valence-corrected chi connectivity index (χ3v) is 3.23. The van der Waals surface area contributed by atoms with Gasteiger partial charge >= 0.3 is 0 Å². The average Bonchev–Trinajstić information content (AvgIpc) is 2.97. The van der Waals surface area contributed by atoms with Crippen molar-refractivity contribution >= 4 is 21.9 Å². The van der Waals surface area contributed by atoms with Crippen molar-refractivity contribution in [1.82, 2.24) is 24.7 Å². The summed E-state index contributed by atoms with van der Waals surface area (Å²) in [5.74, 6) is -1.91. The molecule has 2 N–H and O–H groups in total. The number of nitrogens with two attached hydrogens (primary N) is 1. The highest BCUT2D eigenvalue weighted by Gasteiger charge is 2.19. The van der Waals surface area contributed by atoms with E-state index in [9.17, 15) is 8.78 Å². The first-order valence-electron chi connectivity index (χ1n) is 5.71. The highest BCUT2D eigenvalue weighted by molar-refractivity contribution is 9.10. The molecular formula is C12H7BrF2N6. The van der Waals surface area contributed by atoms with Gasteiger partial charge in [0.05, 0.1) is 10.0 Å². The minimum absolute atomic E-state index is 0.0706. The minimum Gasteiger partial charge on any atom is -0.368 e. The lowest BCUT2D eigenvalue weighted by molar-refractivity contribution is 0.582. The summed E-state index contributed by atoms with van der Waals surface area (Å²) in [6, 6.07) is 4.02. The van der Waals surface area contributed by atoms with Crippen LogP contribution < -0.4 is 5.73 Å². The fourth-order valence-electron chi connectivity index (χ4n) is 1.71. The van der Waals surface area contributed by atoms with Crippen LogP contribution in [0, 0.1) is 11.6 Å². The predicted molar refractivity (Wildman–Crippen MR) is 74.4 cm³/mol. The van der Waals surface area contributed by atoms with E-state index >= 15 is 0 Å². The van der Waals surface area contributed by atoms with Crippen LogP contribution in [-0.2, 0) is 0 Å². The molecule has 21 heavy (non-hydrogen) atoms. The first-order valence-corrected chi connectivity index (χ1v) is 6.51. The number of anilines is 1. The second-order valence-corrected chi connectivity index (χ2v) is 4.84. The zero-order valence-corrected chi connectivity index (χ0v) is 11.9. The molecule has 2 heterocycles. The average molecular weight is 353 g/mol. The third-order valence-electron chi connectivity index (χ3n) is 2.62. The molecule has 0 bridgehead atoms. The van der Waals surface area contributed by atoms with Gasteiger partial charge in [0.2, 0.25) is 5.95 Å². The first-order chi connectivity index (χ1) is 10.1. The molecular weight excluding hydrogens is 346 g/mol.